The molecular formula is C23H27FN8O3. The standard InChI is InChI=1S/C23H27FN8O3/c1-3-27-10-18(14(2)26)30-23-29-13-28-22(31-23)15-4-5-19(16(8-15)9-25)35-20-6-7-32(11-17(20)24)21(34)12-33/h4-5,8,10,13,17,20,26-27,33H,3,6-7,11-12H2,1-2H3,(H,28,29,30,31)/b18-10+,26-14?. The summed E-state index contributed by atoms with van der Waals surface area (Å²) in [7, 11) is 0. The van der Waals surface area contributed by atoms with Gasteiger partial charge in [-0.15, -0.1) is 0 Å². The number of benzene rings is 1. The monoisotopic (exact) mass is 482 g/mol. The molecular weight excluding hydrogens is 455 g/mol. The molecule has 0 radical (unpaired) electrons. The average molecular weight is 483 g/mol. The number of aromatic nitrogens is 3. The number of anilines is 1. The first-order valence-corrected chi connectivity index (χ1v) is 11.0. The molecule has 1 amide bonds. The fourth-order valence-electron chi connectivity index (χ4n) is 3.42. The van der Waals surface area contributed by atoms with Crippen molar-refractivity contribution >= 4 is 17.6 Å². The molecule has 2 aromatic rings. The lowest BCUT2D eigenvalue weighted by atomic mass is 10.0. The molecule has 0 saturated carbocycles. The molecule has 4 N–H and O–H groups in total. The molecule has 0 spiro atoms. The van der Waals surface area contributed by atoms with E-state index in [9.17, 15) is 14.4 Å². The van der Waals surface area contributed by atoms with Crippen LogP contribution in [-0.2, 0) is 4.79 Å². The van der Waals surface area contributed by atoms with Crippen molar-refractivity contribution in [1.29, 1.82) is 10.7 Å². The average Bonchev–Trinajstić information content (AvgIpc) is 2.87. The molecule has 0 bridgehead atoms. The van der Waals surface area contributed by atoms with Gasteiger partial charge in [-0.25, -0.2) is 14.4 Å². The number of nitrogens with one attached hydrogen (secondary N) is 3. The van der Waals surface area contributed by atoms with Crippen LogP contribution in [0.4, 0.5) is 10.3 Å². The fraction of sp³-hybridized carbons (Fsp3) is 0.391. The number of carbonyl (C=O) groups is 1. The number of amides is 1. The molecule has 12 heteroatoms. The van der Waals surface area contributed by atoms with E-state index in [0.717, 1.165) is 0 Å². The number of hydrogen-bond donors (Lipinski definition) is 4. The number of allylic oxidation sites excluding steroid dienone is 1. The van der Waals surface area contributed by atoms with Gasteiger partial charge in [-0.2, -0.15) is 10.2 Å². The lowest BCUT2D eigenvalue weighted by Crippen LogP contribution is -2.50. The number of aliphatic hydroxyl groups is 1. The molecule has 1 aromatic carbocycles. The van der Waals surface area contributed by atoms with Gasteiger partial charge in [0.05, 0.1) is 23.5 Å². The number of carbonyl (C=O) groups excluding carboxylic acids is 1. The smallest absolute Gasteiger partial charge is 0.248 e. The van der Waals surface area contributed by atoms with E-state index in [1.807, 2.05) is 6.92 Å². The summed E-state index contributed by atoms with van der Waals surface area (Å²) in [5.41, 5.74) is 1.50. The SMILES string of the molecule is CCN/C=C(/Nc1ncnc(-c2ccc(OC3CCN(C(=O)CO)CC3F)c(C#N)c2)n1)C(C)=N. The Morgan fingerprint density at radius 2 is 2.26 bits per heavy atom. The second-order valence-corrected chi connectivity index (χ2v) is 7.78. The molecule has 35 heavy (non-hydrogen) atoms. The van der Waals surface area contributed by atoms with Crippen LogP contribution in [0.25, 0.3) is 11.4 Å². The van der Waals surface area contributed by atoms with E-state index < -0.39 is 24.8 Å². The van der Waals surface area contributed by atoms with Crippen molar-refractivity contribution < 1.29 is 19.0 Å². The Kier molecular flexibility index (Phi) is 8.63. The van der Waals surface area contributed by atoms with Crippen LogP contribution >= 0.6 is 0 Å². The maximum absolute atomic E-state index is 14.6. The molecule has 1 aliphatic heterocycles. The lowest BCUT2D eigenvalue weighted by Gasteiger charge is -2.34. The van der Waals surface area contributed by atoms with E-state index in [0.29, 0.717) is 29.3 Å². The van der Waals surface area contributed by atoms with Crippen LogP contribution in [0.3, 0.4) is 0 Å². The number of nitriles is 1. The number of ether oxygens (including phenoxy) is 1. The highest BCUT2D eigenvalue weighted by Gasteiger charge is 2.33. The van der Waals surface area contributed by atoms with Crippen molar-refractivity contribution in [2.45, 2.75) is 32.5 Å². The number of rotatable bonds is 9. The van der Waals surface area contributed by atoms with Crippen molar-refractivity contribution in [1.82, 2.24) is 25.2 Å². The molecule has 1 fully saturated rings. The first-order chi connectivity index (χ1) is 16.9. The zero-order valence-corrected chi connectivity index (χ0v) is 19.5. The van der Waals surface area contributed by atoms with Crippen molar-refractivity contribution in [3.63, 3.8) is 0 Å². The highest BCUT2D eigenvalue weighted by Crippen LogP contribution is 2.28. The predicted octanol–water partition coefficient (Wildman–Crippen LogP) is 1.62. The van der Waals surface area contributed by atoms with Crippen LogP contribution in [0, 0.1) is 16.7 Å². The number of aliphatic hydroxyl groups excluding tert-OH is 1. The molecule has 0 aliphatic carbocycles. The van der Waals surface area contributed by atoms with E-state index in [-0.39, 0.29) is 36.8 Å². The predicted molar refractivity (Wildman–Crippen MR) is 126 cm³/mol. The second-order valence-electron chi connectivity index (χ2n) is 7.78. The summed E-state index contributed by atoms with van der Waals surface area (Å²) >= 11 is 0. The molecule has 2 unspecified atom stereocenters. The van der Waals surface area contributed by atoms with Crippen LogP contribution in [0.5, 0.6) is 5.75 Å². The molecule has 3 rings (SSSR count). The van der Waals surface area contributed by atoms with E-state index in [1.165, 1.54) is 11.2 Å². The van der Waals surface area contributed by atoms with Crippen LogP contribution in [-0.4, -0.2) is 75.1 Å². The third-order valence-corrected chi connectivity index (χ3v) is 5.28. The summed E-state index contributed by atoms with van der Waals surface area (Å²) in [5.74, 6) is 0.220. The molecule has 184 valence electrons. The Balaban J connectivity index is 1.77. The summed E-state index contributed by atoms with van der Waals surface area (Å²) < 4.78 is 20.4. The van der Waals surface area contributed by atoms with Crippen molar-refractivity contribution in [3.05, 3.63) is 42.0 Å². The first kappa shape index (κ1) is 25.5. The molecule has 11 nitrogen and oxygen atoms in total. The van der Waals surface area contributed by atoms with Crippen LogP contribution in [0.2, 0.25) is 0 Å². The number of nitrogens with zero attached hydrogens (tertiary/aromatic N) is 5. The van der Waals surface area contributed by atoms with E-state index in [4.69, 9.17) is 15.3 Å². The second kappa shape index (κ2) is 11.8. The van der Waals surface area contributed by atoms with Gasteiger partial charge in [0.25, 0.3) is 0 Å². The minimum Gasteiger partial charge on any atom is -0.486 e. The number of likely N-dealkylation sites (tertiary alicyclic amines) is 1. The lowest BCUT2D eigenvalue weighted by molar-refractivity contribution is -0.138. The van der Waals surface area contributed by atoms with Gasteiger partial charge in [0.15, 0.2) is 12.0 Å². The maximum Gasteiger partial charge on any atom is 0.248 e. The normalized spacial score (nSPS) is 17.9. The zero-order valence-electron chi connectivity index (χ0n) is 19.5. The van der Waals surface area contributed by atoms with Gasteiger partial charge in [0.1, 0.15) is 30.9 Å². The highest BCUT2D eigenvalue weighted by molar-refractivity contribution is 5.97. The molecule has 2 heterocycles. The Hall–Kier alpha value is -4.11. The van der Waals surface area contributed by atoms with Gasteiger partial charge < -0.3 is 30.8 Å². The van der Waals surface area contributed by atoms with Crippen molar-refractivity contribution in [3.8, 4) is 23.2 Å². The maximum atomic E-state index is 14.6. The summed E-state index contributed by atoms with van der Waals surface area (Å²) in [4.78, 5) is 25.5. The van der Waals surface area contributed by atoms with Crippen LogP contribution in [0.15, 0.2) is 36.4 Å². The van der Waals surface area contributed by atoms with E-state index in [1.54, 1.807) is 31.3 Å². The highest BCUT2D eigenvalue weighted by atomic mass is 19.1. The number of alkyl halides is 1. The largest absolute Gasteiger partial charge is 0.486 e. The summed E-state index contributed by atoms with van der Waals surface area (Å²) in [5, 5.41) is 32.5. The van der Waals surface area contributed by atoms with Gasteiger partial charge in [-0.3, -0.25) is 4.79 Å². The van der Waals surface area contributed by atoms with Gasteiger partial charge in [-0.1, -0.05) is 0 Å². The topological polar surface area (TPSA) is 160 Å². The van der Waals surface area contributed by atoms with Gasteiger partial charge in [-0.05, 0) is 32.0 Å². The summed E-state index contributed by atoms with van der Waals surface area (Å²) in [6, 6.07) is 6.81. The van der Waals surface area contributed by atoms with Crippen molar-refractivity contribution in [2.75, 3.05) is 31.6 Å². The van der Waals surface area contributed by atoms with E-state index in [2.05, 4.69) is 31.7 Å². The number of hydrogen-bond acceptors (Lipinski definition) is 10. The van der Waals surface area contributed by atoms with Gasteiger partial charge in [0.2, 0.25) is 11.9 Å². The number of piperidine rings is 1. The van der Waals surface area contributed by atoms with Crippen LogP contribution < -0.4 is 15.4 Å². The quantitative estimate of drug-likeness (QED) is 0.389. The summed E-state index contributed by atoms with van der Waals surface area (Å²) in [6.45, 7) is 3.67. The minimum atomic E-state index is -1.45. The van der Waals surface area contributed by atoms with Crippen LogP contribution in [0.1, 0.15) is 25.8 Å². The first-order valence-electron chi connectivity index (χ1n) is 11.0. The zero-order chi connectivity index (χ0) is 25.4. The molecule has 1 aliphatic rings. The van der Waals surface area contributed by atoms with Crippen molar-refractivity contribution in [2.24, 2.45) is 0 Å². The van der Waals surface area contributed by atoms with E-state index >= 15 is 0 Å². The fourth-order valence-corrected chi connectivity index (χ4v) is 3.42. The molecule has 2 atom stereocenters. The molecule has 1 saturated heterocycles. The minimum absolute atomic E-state index is 0.176. The van der Waals surface area contributed by atoms with Gasteiger partial charge >= 0.3 is 0 Å². The molecule has 1 aromatic heterocycles. The third-order valence-electron chi connectivity index (χ3n) is 5.28. The Bertz CT molecular complexity index is 1150. The Morgan fingerprint density at radius 1 is 1.46 bits per heavy atom. The number of halogens is 1. The Morgan fingerprint density at radius 3 is 2.91 bits per heavy atom. The third kappa shape index (κ3) is 6.48. The van der Waals surface area contributed by atoms with Gasteiger partial charge in [0, 0.05) is 31.3 Å². The summed E-state index contributed by atoms with van der Waals surface area (Å²) in [6.07, 6.45) is 0.936. The Labute approximate surface area is 202 Å².